The van der Waals surface area contributed by atoms with Gasteiger partial charge in [0.15, 0.2) is 0 Å². The molecule has 0 unspecified atom stereocenters. The lowest BCUT2D eigenvalue weighted by atomic mass is 10.1. The molecule has 20 heavy (non-hydrogen) atoms. The minimum atomic E-state index is -0.488. The van der Waals surface area contributed by atoms with E-state index in [1.54, 1.807) is 19.1 Å². The van der Waals surface area contributed by atoms with E-state index in [9.17, 15) is 10.1 Å². The van der Waals surface area contributed by atoms with Gasteiger partial charge in [0.2, 0.25) is 0 Å². The minimum absolute atomic E-state index is 0.0162. The first-order valence-corrected chi connectivity index (χ1v) is 6.94. The maximum atomic E-state index is 10.4. The smallest absolute Gasteiger partial charge is 0.275 e. The average Bonchev–Trinajstić information content (AvgIpc) is 2.55. The van der Waals surface area contributed by atoms with E-state index in [2.05, 4.69) is 0 Å². The third-order valence-corrected chi connectivity index (χ3v) is 1.61. The van der Waals surface area contributed by atoms with E-state index in [0.29, 0.717) is 5.56 Å². The molecule has 0 saturated heterocycles. The number of aliphatic hydroxyl groups excluding tert-OH is 2. The predicted octanol–water partition coefficient (Wildman–Crippen LogP) is 4.08. The lowest BCUT2D eigenvalue weighted by molar-refractivity contribution is -0.385. The molecule has 0 radical (unpaired) electrons. The summed E-state index contributed by atoms with van der Waals surface area (Å²) in [6.45, 7) is 13.5. The number of hydrogen-bond acceptors (Lipinski definition) is 4. The van der Waals surface area contributed by atoms with Crippen LogP contribution in [-0.2, 0) is 6.61 Å². The summed E-state index contributed by atoms with van der Waals surface area (Å²) >= 11 is 0. The van der Waals surface area contributed by atoms with Crippen molar-refractivity contribution in [1.29, 1.82) is 0 Å². The molecule has 0 aliphatic heterocycles. The Morgan fingerprint density at radius 2 is 1.45 bits per heavy atom. The second kappa shape index (κ2) is 22.7. The molecule has 0 spiro atoms. The SMILES string of the molecule is CC.CC.CC.CO.Cc1ccc(CO)c([N+](=O)[O-])c1. The molecule has 5 heteroatoms. The Labute approximate surface area is 123 Å². The zero-order chi connectivity index (χ0) is 17.1. The molecule has 0 saturated carbocycles. The molecule has 0 aromatic heterocycles. The molecule has 0 amide bonds. The lowest BCUT2D eigenvalue weighted by Crippen LogP contribution is -1.95. The predicted molar refractivity (Wildman–Crippen MR) is 85.9 cm³/mol. The van der Waals surface area contributed by atoms with Crippen LogP contribution in [0.2, 0.25) is 0 Å². The Hall–Kier alpha value is -1.46. The van der Waals surface area contributed by atoms with E-state index in [4.69, 9.17) is 10.2 Å². The van der Waals surface area contributed by atoms with Crippen LogP contribution >= 0.6 is 0 Å². The van der Waals surface area contributed by atoms with Crippen LogP contribution in [0.25, 0.3) is 0 Å². The largest absolute Gasteiger partial charge is 0.400 e. The van der Waals surface area contributed by atoms with Crippen molar-refractivity contribution < 1.29 is 15.1 Å². The van der Waals surface area contributed by atoms with Crippen LogP contribution in [0, 0.1) is 17.0 Å². The van der Waals surface area contributed by atoms with Crippen molar-refractivity contribution in [2.75, 3.05) is 7.11 Å². The zero-order valence-corrected chi connectivity index (χ0v) is 14.1. The van der Waals surface area contributed by atoms with Gasteiger partial charge in [-0.3, -0.25) is 10.1 Å². The van der Waals surface area contributed by atoms with Gasteiger partial charge in [-0.15, -0.1) is 0 Å². The van der Waals surface area contributed by atoms with Gasteiger partial charge in [0.25, 0.3) is 5.69 Å². The number of nitro benzene ring substituents is 1. The van der Waals surface area contributed by atoms with Gasteiger partial charge in [-0.05, 0) is 18.6 Å². The molecule has 0 aliphatic carbocycles. The van der Waals surface area contributed by atoms with E-state index in [-0.39, 0.29) is 12.3 Å². The summed E-state index contributed by atoms with van der Waals surface area (Å²) in [5.74, 6) is 0. The molecular formula is C15H31NO4. The van der Waals surface area contributed by atoms with Crippen LogP contribution in [0.1, 0.15) is 52.7 Å². The monoisotopic (exact) mass is 289 g/mol. The molecule has 0 atom stereocenters. The van der Waals surface area contributed by atoms with Crippen LogP contribution < -0.4 is 0 Å². The first-order valence-electron chi connectivity index (χ1n) is 6.94. The number of nitrogens with zero attached hydrogens (tertiary/aromatic N) is 1. The Balaban J connectivity index is -0.000000138. The van der Waals surface area contributed by atoms with Crippen LogP contribution in [-0.4, -0.2) is 22.2 Å². The van der Waals surface area contributed by atoms with Gasteiger partial charge >= 0.3 is 0 Å². The van der Waals surface area contributed by atoms with Crippen LogP contribution in [0.15, 0.2) is 18.2 Å². The van der Waals surface area contributed by atoms with E-state index in [1.165, 1.54) is 6.07 Å². The Morgan fingerprint density at radius 1 is 1.05 bits per heavy atom. The number of nitro groups is 1. The molecule has 5 nitrogen and oxygen atoms in total. The normalized spacial score (nSPS) is 7.10. The molecule has 1 rings (SSSR count). The summed E-state index contributed by atoms with van der Waals surface area (Å²) in [5.41, 5.74) is 1.15. The van der Waals surface area contributed by atoms with Crippen LogP contribution in [0.3, 0.4) is 0 Å². The molecule has 0 fully saturated rings. The minimum Gasteiger partial charge on any atom is -0.400 e. The lowest BCUT2D eigenvalue weighted by Gasteiger charge is -1.99. The van der Waals surface area contributed by atoms with Crippen molar-refractivity contribution in [3.05, 3.63) is 39.4 Å². The van der Waals surface area contributed by atoms with Crippen molar-refractivity contribution in [3.8, 4) is 0 Å². The Kier molecular flexibility index (Phi) is 30.6. The van der Waals surface area contributed by atoms with Gasteiger partial charge < -0.3 is 10.2 Å². The summed E-state index contributed by atoms with van der Waals surface area (Å²) < 4.78 is 0. The van der Waals surface area contributed by atoms with Crippen molar-refractivity contribution in [2.45, 2.75) is 55.1 Å². The first-order chi connectivity index (χ1) is 9.65. The van der Waals surface area contributed by atoms with Gasteiger partial charge in [-0.1, -0.05) is 47.6 Å². The first kappa shape index (κ1) is 27.0. The third kappa shape index (κ3) is 13.0. The fourth-order valence-electron chi connectivity index (χ4n) is 0.978. The fraction of sp³-hybridized carbons (Fsp3) is 0.600. The summed E-state index contributed by atoms with van der Waals surface area (Å²) in [4.78, 5) is 9.94. The third-order valence-electron chi connectivity index (χ3n) is 1.61. The summed E-state index contributed by atoms with van der Waals surface area (Å²) in [6.07, 6.45) is 0. The van der Waals surface area contributed by atoms with Gasteiger partial charge in [-0.25, -0.2) is 0 Å². The Bertz CT molecular complexity index is 315. The average molecular weight is 289 g/mol. The van der Waals surface area contributed by atoms with Gasteiger partial charge in [-0.2, -0.15) is 0 Å². The van der Waals surface area contributed by atoms with E-state index in [0.717, 1.165) is 12.7 Å². The number of aryl methyl sites for hydroxylation is 1. The quantitative estimate of drug-likeness (QED) is 0.634. The summed E-state index contributed by atoms with van der Waals surface area (Å²) in [7, 11) is 1.00. The maximum absolute atomic E-state index is 10.4. The number of rotatable bonds is 2. The number of benzene rings is 1. The molecule has 1 aromatic carbocycles. The van der Waals surface area contributed by atoms with Crippen LogP contribution in [0.4, 0.5) is 5.69 Å². The Morgan fingerprint density at radius 3 is 1.75 bits per heavy atom. The highest BCUT2D eigenvalue weighted by Crippen LogP contribution is 2.19. The molecule has 2 N–H and O–H groups in total. The van der Waals surface area contributed by atoms with Gasteiger partial charge in [0.1, 0.15) is 0 Å². The highest BCUT2D eigenvalue weighted by molar-refractivity contribution is 5.42. The molecule has 0 aliphatic rings. The van der Waals surface area contributed by atoms with Gasteiger partial charge in [0, 0.05) is 13.2 Å². The topological polar surface area (TPSA) is 83.6 Å². The van der Waals surface area contributed by atoms with Crippen LogP contribution in [0.5, 0.6) is 0 Å². The van der Waals surface area contributed by atoms with Crippen molar-refractivity contribution in [1.82, 2.24) is 0 Å². The van der Waals surface area contributed by atoms with E-state index < -0.39 is 4.92 Å². The molecule has 0 heterocycles. The van der Waals surface area contributed by atoms with E-state index >= 15 is 0 Å². The standard InChI is InChI=1S/C8H9NO3.3C2H6.CH4O/c1-6-2-3-7(5-10)8(4-6)9(11)12;4*1-2/h2-4,10H,5H2,1H3;3*1-2H3;2H,1H3. The number of aliphatic hydroxyl groups is 2. The van der Waals surface area contributed by atoms with Crippen molar-refractivity contribution in [2.24, 2.45) is 0 Å². The van der Waals surface area contributed by atoms with Gasteiger partial charge in [0.05, 0.1) is 17.1 Å². The summed E-state index contributed by atoms with van der Waals surface area (Å²) in [5, 5.41) is 26.2. The van der Waals surface area contributed by atoms with Crippen molar-refractivity contribution >= 4 is 5.69 Å². The highest BCUT2D eigenvalue weighted by atomic mass is 16.6. The second-order valence-electron chi connectivity index (χ2n) is 2.55. The fourth-order valence-corrected chi connectivity index (χ4v) is 0.978. The number of hydrogen-bond donors (Lipinski definition) is 2. The summed E-state index contributed by atoms with van der Waals surface area (Å²) in [6, 6.07) is 4.75. The molecule has 120 valence electrons. The highest BCUT2D eigenvalue weighted by Gasteiger charge is 2.11. The second-order valence-corrected chi connectivity index (χ2v) is 2.55. The van der Waals surface area contributed by atoms with E-state index in [1.807, 2.05) is 41.5 Å². The molecule has 0 bridgehead atoms. The molecule has 1 aromatic rings. The molecular weight excluding hydrogens is 258 g/mol. The van der Waals surface area contributed by atoms with Crippen molar-refractivity contribution in [3.63, 3.8) is 0 Å². The maximum Gasteiger partial charge on any atom is 0.275 e. The zero-order valence-electron chi connectivity index (χ0n) is 14.1.